The van der Waals surface area contributed by atoms with E-state index in [1.165, 1.54) is 18.5 Å². The highest BCUT2D eigenvalue weighted by Crippen LogP contribution is 2.15. The molecule has 0 spiro atoms. The van der Waals surface area contributed by atoms with Crippen molar-refractivity contribution in [3.63, 3.8) is 0 Å². The van der Waals surface area contributed by atoms with E-state index in [1.807, 2.05) is 6.07 Å². The molecule has 0 aliphatic rings. The zero-order valence-electron chi connectivity index (χ0n) is 8.76. The van der Waals surface area contributed by atoms with Gasteiger partial charge in [0.1, 0.15) is 0 Å². The van der Waals surface area contributed by atoms with Gasteiger partial charge in [-0.2, -0.15) is 0 Å². The van der Waals surface area contributed by atoms with Crippen LogP contribution < -0.4 is 0 Å². The molecule has 4 heteroatoms. The van der Waals surface area contributed by atoms with Crippen LogP contribution in [0.2, 0.25) is 0 Å². The van der Waals surface area contributed by atoms with Crippen LogP contribution in [-0.2, 0) is 0 Å². The molecule has 0 fully saturated rings. The van der Waals surface area contributed by atoms with E-state index < -0.39 is 5.24 Å². The van der Waals surface area contributed by atoms with Gasteiger partial charge in [0.2, 0.25) is 0 Å². The number of halogens is 1. The molecule has 0 aliphatic carbocycles. The second-order valence-electron chi connectivity index (χ2n) is 3.39. The van der Waals surface area contributed by atoms with E-state index >= 15 is 0 Å². The molecule has 84 valence electrons. The van der Waals surface area contributed by atoms with Gasteiger partial charge in [-0.3, -0.25) is 14.6 Å². The normalized spacial score (nSPS) is 9.94. The molecule has 0 radical (unpaired) electrons. The molecule has 0 N–H and O–H groups in total. The second kappa shape index (κ2) is 4.89. The van der Waals surface area contributed by atoms with Crippen LogP contribution in [0.4, 0.5) is 0 Å². The lowest BCUT2D eigenvalue weighted by Gasteiger charge is -2.04. The molecule has 0 amide bonds. The first kappa shape index (κ1) is 11.5. The Hall–Kier alpha value is -2.00. The standard InChI is InChI=1S/C13H8ClNO2/c14-13(17)10-6-7-15-8-11(10)12(16)9-4-2-1-3-5-9/h1-8H. The van der Waals surface area contributed by atoms with Gasteiger partial charge < -0.3 is 0 Å². The van der Waals surface area contributed by atoms with Crippen LogP contribution in [-0.4, -0.2) is 16.0 Å². The molecule has 0 unspecified atom stereocenters. The molecule has 1 heterocycles. The third-order valence-electron chi connectivity index (χ3n) is 2.31. The number of hydrogen-bond acceptors (Lipinski definition) is 3. The monoisotopic (exact) mass is 245 g/mol. The highest BCUT2D eigenvalue weighted by molar-refractivity contribution is 6.68. The van der Waals surface area contributed by atoms with E-state index in [2.05, 4.69) is 4.98 Å². The van der Waals surface area contributed by atoms with Crippen molar-refractivity contribution in [3.05, 3.63) is 65.5 Å². The van der Waals surface area contributed by atoms with Crippen molar-refractivity contribution >= 4 is 22.6 Å². The highest BCUT2D eigenvalue weighted by Gasteiger charge is 2.16. The third-order valence-corrected chi connectivity index (χ3v) is 2.52. The lowest BCUT2D eigenvalue weighted by Crippen LogP contribution is -2.07. The summed E-state index contributed by atoms with van der Waals surface area (Å²) in [6.45, 7) is 0. The summed E-state index contributed by atoms with van der Waals surface area (Å²) in [6.07, 6.45) is 2.78. The third kappa shape index (κ3) is 2.40. The first-order valence-electron chi connectivity index (χ1n) is 4.93. The minimum atomic E-state index is -0.660. The van der Waals surface area contributed by atoms with Crippen LogP contribution >= 0.6 is 11.6 Å². The van der Waals surface area contributed by atoms with Crippen molar-refractivity contribution in [3.8, 4) is 0 Å². The smallest absolute Gasteiger partial charge is 0.253 e. The number of benzene rings is 1. The maximum Gasteiger partial charge on any atom is 0.253 e. The molecule has 1 aromatic carbocycles. The Bertz CT molecular complexity index is 567. The summed E-state index contributed by atoms with van der Waals surface area (Å²) in [5, 5.41) is -0.660. The van der Waals surface area contributed by atoms with Gasteiger partial charge in [0.15, 0.2) is 5.78 Å². The molecule has 0 atom stereocenters. The first-order valence-corrected chi connectivity index (χ1v) is 5.31. The second-order valence-corrected chi connectivity index (χ2v) is 3.73. The number of ketones is 1. The quantitative estimate of drug-likeness (QED) is 0.617. The molecule has 1 aromatic heterocycles. The molecular weight excluding hydrogens is 238 g/mol. The van der Waals surface area contributed by atoms with Crippen LogP contribution in [0.15, 0.2) is 48.8 Å². The highest BCUT2D eigenvalue weighted by atomic mass is 35.5. The fourth-order valence-corrected chi connectivity index (χ4v) is 1.66. The number of hydrogen-bond donors (Lipinski definition) is 0. The van der Waals surface area contributed by atoms with Crippen molar-refractivity contribution in [2.75, 3.05) is 0 Å². The van der Waals surface area contributed by atoms with Crippen molar-refractivity contribution in [1.29, 1.82) is 0 Å². The van der Waals surface area contributed by atoms with Gasteiger partial charge in [0.25, 0.3) is 5.24 Å². The lowest BCUT2D eigenvalue weighted by molar-refractivity contribution is 0.102. The number of aromatic nitrogens is 1. The predicted octanol–water partition coefficient (Wildman–Crippen LogP) is 2.69. The van der Waals surface area contributed by atoms with E-state index in [9.17, 15) is 9.59 Å². The van der Waals surface area contributed by atoms with E-state index in [4.69, 9.17) is 11.6 Å². The van der Waals surface area contributed by atoms with Crippen LogP contribution in [0.25, 0.3) is 0 Å². The van der Waals surface area contributed by atoms with Gasteiger partial charge in [0, 0.05) is 23.5 Å². The SMILES string of the molecule is O=C(Cl)c1ccncc1C(=O)c1ccccc1. The molecular formula is C13H8ClNO2. The average molecular weight is 246 g/mol. The fraction of sp³-hybridized carbons (Fsp3) is 0. The number of pyridine rings is 1. The molecule has 0 saturated carbocycles. The van der Waals surface area contributed by atoms with Gasteiger partial charge >= 0.3 is 0 Å². The van der Waals surface area contributed by atoms with Gasteiger partial charge in [-0.25, -0.2) is 0 Å². The number of rotatable bonds is 3. The maximum absolute atomic E-state index is 12.1. The fourth-order valence-electron chi connectivity index (χ4n) is 1.49. The van der Waals surface area contributed by atoms with Gasteiger partial charge in [-0.1, -0.05) is 30.3 Å². The molecule has 17 heavy (non-hydrogen) atoms. The maximum atomic E-state index is 12.1. The molecule has 0 bridgehead atoms. The van der Waals surface area contributed by atoms with Gasteiger partial charge in [-0.15, -0.1) is 0 Å². The van der Waals surface area contributed by atoms with Crippen LogP contribution in [0.3, 0.4) is 0 Å². The first-order chi connectivity index (χ1) is 8.20. The van der Waals surface area contributed by atoms with E-state index in [0.717, 1.165) is 0 Å². The summed E-state index contributed by atoms with van der Waals surface area (Å²) in [5.74, 6) is -0.261. The predicted molar refractivity (Wildman–Crippen MR) is 64.3 cm³/mol. The van der Waals surface area contributed by atoms with Gasteiger partial charge in [0.05, 0.1) is 5.56 Å². The van der Waals surface area contributed by atoms with Crippen LogP contribution in [0.5, 0.6) is 0 Å². The summed E-state index contributed by atoms with van der Waals surface area (Å²) < 4.78 is 0. The minimum absolute atomic E-state index is 0.176. The summed E-state index contributed by atoms with van der Waals surface area (Å²) in [7, 11) is 0. The van der Waals surface area contributed by atoms with E-state index in [0.29, 0.717) is 5.56 Å². The van der Waals surface area contributed by atoms with E-state index in [-0.39, 0.29) is 16.9 Å². The largest absolute Gasteiger partial charge is 0.289 e. The number of nitrogens with zero attached hydrogens (tertiary/aromatic N) is 1. The molecule has 2 aromatic rings. The topological polar surface area (TPSA) is 47.0 Å². The van der Waals surface area contributed by atoms with Crippen LogP contribution in [0.1, 0.15) is 26.3 Å². The van der Waals surface area contributed by atoms with Crippen LogP contribution in [0, 0.1) is 0 Å². The van der Waals surface area contributed by atoms with Crippen molar-refractivity contribution in [2.24, 2.45) is 0 Å². The van der Waals surface area contributed by atoms with Crippen molar-refractivity contribution in [2.45, 2.75) is 0 Å². The lowest BCUT2D eigenvalue weighted by atomic mass is 10.0. The summed E-state index contributed by atoms with van der Waals surface area (Å²) in [5.41, 5.74) is 0.897. The summed E-state index contributed by atoms with van der Waals surface area (Å²) in [4.78, 5) is 27.2. The van der Waals surface area contributed by atoms with Crippen molar-refractivity contribution < 1.29 is 9.59 Å². The van der Waals surface area contributed by atoms with Crippen molar-refractivity contribution in [1.82, 2.24) is 4.98 Å². The Morgan fingerprint density at radius 2 is 1.71 bits per heavy atom. The zero-order chi connectivity index (χ0) is 12.3. The Labute approximate surface area is 103 Å². The molecule has 0 saturated heterocycles. The molecule has 3 nitrogen and oxygen atoms in total. The minimum Gasteiger partial charge on any atom is -0.289 e. The average Bonchev–Trinajstić information content (AvgIpc) is 2.39. The zero-order valence-corrected chi connectivity index (χ0v) is 9.52. The molecule has 0 aliphatic heterocycles. The Kier molecular flexibility index (Phi) is 3.30. The Morgan fingerprint density at radius 3 is 2.35 bits per heavy atom. The number of carbonyl (C=O) groups is 2. The van der Waals surface area contributed by atoms with Gasteiger partial charge in [-0.05, 0) is 17.7 Å². The Balaban J connectivity index is 2.48. The summed E-state index contributed by atoms with van der Waals surface area (Å²) in [6, 6.07) is 10.1. The number of carbonyl (C=O) groups excluding carboxylic acids is 2. The van der Waals surface area contributed by atoms with E-state index in [1.54, 1.807) is 24.3 Å². The Morgan fingerprint density at radius 1 is 1.00 bits per heavy atom. The summed E-state index contributed by atoms with van der Waals surface area (Å²) >= 11 is 5.42. The molecule has 2 rings (SSSR count).